The van der Waals surface area contributed by atoms with Crippen molar-refractivity contribution in [2.24, 2.45) is 10.9 Å². The van der Waals surface area contributed by atoms with Crippen molar-refractivity contribution in [1.82, 2.24) is 0 Å². The maximum absolute atomic E-state index is 11.7. The lowest BCUT2D eigenvalue weighted by Gasteiger charge is -2.07. The average molecular weight is 351 g/mol. The Hall–Kier alpha value is -2.88. The van der Waals surface area contributed by atoms with Gasteiger partial charge in [0.25, 0.3) is 0 Å². The van der Waals surface area contributed by atoms with Crippen LogP contribution in [-0.2, 0) is 9.53 Å². The van der Waals surface area contributed by atoms with E-state index in [-0.39, 0.29) is 5.97 Å². The van der Waals surface area contributed by atoms with E-state index in [2.05, 4.69) is 18.8 Å². The molecule has 136 valence electrons. The van der Waals surface area contributed by atoms with Crippen molar-refractivity contribution in [2.75, 3.05) is 13.7 Å². The van der Waals surface area contributed by atoms with Gasteiger partial charge in [-0.3, -0.25) is 4.99 Å². The molecule has 2 aromatic rings. The van der Waals surface area contributed by atoms with Crippen molar-refractivity contribution >= 4 is 23.9 Å². The topological polar surface area (TPSA) is 47.9 Å². The Bertz CT molecular complexity index is 746. The molecule has 0 saturated carbocycles. The van der Waals surface area contributed by atoms with Crippen LogP contribution in [0.1, 0.15) is 31.4 Å². The molecular formula is C22H25NO3. The maximum Gasteiger partial charge on any atom is 0.330 e. The standard InChI is InChI=1S/C22H25NO3/c1-4-17(2)16-26-22(24)14-9-18-5-10-20(11-6-18)23-15-19-7-12-21(25-3)13-8-19/h5-15,17H,4,16H2,1-3H3. The van der Waals surface area contributed by atoms with Crippen LogP contribution in [-0.4, -0.2) is 25.9 Å². The fraction of sp³-hybridized carbons (Fsp3) is 0.273. The lowest BCUT2D eigenvalue weighted by atomic mass is 10.1. The Kier molecular flexibility index (Phi) is 7.62. The minimum Gasteiger partial charge on any atom is -0.497 e. The predicted molar refractivity (Wildman–Crippen MR) is 106 cm³/mol. The molecule has 2 rings (SSSR count). The minimum atomic E-state index is -0.313. The van der Waals surface area contributed by atoms with Crippen molar-refractivity contribution in [2.45, 2.75) is 20.3 Å². The first-order valence-corrected chi connectivity index (χ1v) is 8.73. The smallest absolute Gasteiger partial charge is 0.330 e. The zero-order valence-electron chi connectivity index (χ0n) is 15.5. The highest BCUT2D eigenvalue weighted by molar-refractivity contribution is 5.87. The fourth-order valence-electron chi connectivity index (χ4n) is 2.07. The second kappa shape index (κ2) is 10.2. The molecule has 4 nitrogen and oxygen atoms in total. The van der Waals surface area contributed by atoms with Gasteiger partial charge in [-0.05, 0) is 59.5 Å². The zero-order valence-corrected chi connectivity index (χ0v) is 15.5. The van der Waals surface area contributed by atoms with Gasteiger partial charge in [0.1, 0.15) is 5.75 Å². The van der Waals surface area contributed by atoms with Gasteiger partial charge in [-0.15, -0.1) is 0 Å². The SMILES string of the molecule is CCC(C)COC(=O)C=Cc1ccc(N=Cc2ccc(OC)cc2)cc1. The van der Waals surface area contributed by atoms with E-state index in [9.17, 15) is 4.79 Å². The van der Waals surface area contributed by atoms with Crippen LogP contribution in [0.2, 0.25) is 0 Å². The summed E-state index contributed by atoms with van der Waals surface area (Å²) in [7, 11) is 1.64. The summed E-state index contributed by atoms with van der Waals surface area (Å²) in [5.41, 5.74) is 2.77. The van der Waals surface area contributed by atoms with Gasteiger partial charge in [-0.2, -0.15) is 0 Å². The third-order valence-electron chi connectivity index (χ3n) is 3.99. The van der Waals surface area contributed by atoms with Gasteiger partial charge in [0.15, 0.2) is 0 Å². The van der Waals surface area contributed by atoms with Gasteiger partial charge in [-0.25, -0.2) is 4.79 Å². The molecule has 0 aromatic heterocycles. The van der Waals surface area contributed by atoms with Crippen LogP contribution >= 0.6 is 0 Å². The van der Waals surface area contributed by atoms with E-state index in [1.54, 1.807) is 19.4 Å². The summed E-state index contributed by atoms with van der Waals surface area (Å²) in [5, 5.41) is 0. The molecule has 0 N–H and O–H groups in total. The number of ether oxygens (including phenoxy) is 2. The van der Waals surface area contributed by atoms with Gasteiger partial charge in [0, 0.05) is 12.3 Å². The number of rotatable bonds is 8. The van der Waals surface area contributed by atoms with Crippen molar-refractivity contribution < 1.29 is 14.3 Å². The quantitative estimate of drug-likeness (QED) is 0.380. The molecule has 0 fully saturated rings. The molecule has 0 aliphatic heterocycles. The van der Waals surface area contributed by atoms with Gasteiger partial charge >= 0.3 is 5.97 Å². The summed E-state index contributed by atoms with van der Waals surface area (Å²) in [6.07, 6.45) is 6.00. The minimum absolute atomic E-state index is 0.313. The van der Waals surface area contributed by atoms with Crippen molar-refractivity contribution in [1.29, 1.82) is 0 Å². The van der Waals surface area contributed by atoms with E-state index in [0.29, 0.717) is 12.5 Å². The summed E-state index contributed by atoms with van der Waals surface area (Å²) >= 11 is 0. The van der Waals surface area contributed by atoms with E-state index in [0.717, 1.165) is 29.0 Å². The molecule has 26 heavy (non-hydrogen) atoms. The molecule has 0 spiro atoms. The third kappa shape index (κ3) is 6.55. The predicted octanol–water partition coefficient (Wildman–Crippen LogP) is 5.05. The Morgan fingerprint density at radius 2 is 1.73 bits per heavy atom. The normalized spacial score (nSPS) is 12.4. The van der Waals surface area contributed by atoms with Crippen molar-refractivity contribution in [3.63, 3.8) is 0 Å². The second-order valence-electron chi connectivity index (χ2n) is 6.10. The number of methoxy groups -OCH3 is 1. The summed E-state index contributed by atoms with van der Waals surface area (Å²) in [5.74, 6) is 0.892. The van der Waals surface area contributed by atoms with Crippen molar-refractivity contribution in [3.8, 4) is 5.75 Å². The zero-order chi connectivity index (χ0) is 18.8. The Balaban J connectivity index is 1.89. The Labute approximate surface area is 155 Å². The molecule has 0 amide bonds. The maximum atomic E-state index is 11.7. The monoisotopic (exact) mass is 351 g/mol. The van der Waals surface area contributed by atoms with Crippen LogP contribution in [0.5, 0.6) is 5.75 Å². The van der Waals surface area contributed by atoms with Crippen LogP contribution < -0.4 is 4.74 Å². The number of esters is 1. The summed E-state index contributed by atoms with van der Waals surface area (Å²) in [4.78, 5) is 16.1. The van der Waals surface area contributed by atoms with Crippen LogP contribution in [0.15, 0.2) is 59.6 Å². The van der Waals surface area contributed by atoms with Gasteiger partial charge in [0.05, 0.1) is 19.4 Å². The number of nitrogens with zero attached hydrogens (tertiary/aromatic N) is 1. The number of hydrogen-bond acceptors (Lipinski definition) is 4. The van der Waals surface area contributed by atoms with Crippen LogP contribution in [0.3, 0.4) is 0 Å². The second-order valence-corrected chi connectivity index (χ2v) is 6.10. The lowest BCUT2D eigenvalue weighted by molar-refractivity contribution is -0.138. The molecule has 1 atom stereocenters. The molecule has 0 bridgehead atoms. The summed E-state index contributed by atoms with van der Waals surface area (Å²) < 4.78 is 10.3. The third-order valence-corrected chi connectivity index (χ3v) is 3.99. The van der Waals surface area contributed by atoms with E-state index in [1.807, 2.05) is 48.5 Å². The van der Waals surface area contributed by atoms with Gasteiger partial charge in [-0.1, -0.05) is 32.4 Å². The largest absolute Gasteiger partial charge is 0.497 e. The molecule has 1 unspecified atom stereocenters. The molecule has 0 radical (unpaired) electrons. The molecule has 0 heterocycles. The molecule has 2 aromatic carbocycles. The number of hydrogen-bond donors (Lipinski definition) is 0. The summed E-state index contributed by atoms with van der Waals surface area (Å²) in [6, 6.07) is 15.3. The highest BCUT2D eigenvalue weighted by atomic mass is 16.5. The van der Waals surface area contributed by atoms with E-state index in [4.69, 9.17) is 9.47 Å². The fourth-order valence-corrected chi connectivity index (χ4v) is 2.07. The Morgan fingerprint density at radius 1 is 1.08 bits per heavy atom. The first kappa shape index (κ1) is 19.4. The van der Waals surface area contributed by atoms with Crippen LogP contribution in [0, 0.1) is 5.92 Å². The summed E-state index contributed by atoms with van der Waals surface area (Å²) in [6.45, 7) is 4.59. The first-order valence-electron chi connectivity index (χ1n) is 8.73. The molecule has 4 heteroatoms. The van der Waals surface area contributed by atoms with Crippen LogP contribution in [0.4, 0.5) is 5.69 Å². The highest BCUT2D eigenvalue weighted by Crippen LogP contribution is 2.15. The van der Waals surface area contributed by atoms with E-state index in [1.165, 1.54) is 6.08 Å². The average Bonchev–Trinajstić information content (AvgIpc) is 2.70. The molecular weight excluding hydrogens is 326 g/mol. The molecule has 0 aliphatic carbocycles. The number of benzene rings is 2. The Morgan fingerprint density at radius 3 is 2.35 bits per heavy atom. The van der Waals surface area contributed by atoms with E-state index >= 15 is 0 Å². The molecule has 0 aliphatic rings. The number of carbonyl (C=O) groups excluding carboxylic acids is 1. The first-order chi connectivity index (χ1) is 12.6. The van der Waals surface area contributed by atoms with Gasteiger partial charge < -0.3 is 9.47 Å². The number of aliphatic imine (C=N–C) groups is 1. The lowest BCUT2D eigenvalue weighted by Crippen LogP contribution is -2.08. The van der Waals surface area contributed by atoms with Crippen molar-refractivity contribution in [3.05, 3.63) is 65.7 Å². The highest BCUT2D eigenvalue weighted by Gasteiger charge is 2.02. The van der Waals surface area contributed by atoms with Crippen LogP contribution in [0.25, 0.3) is 6.08 Å². The molecule has 0 saturated heterocycles. The van der Waals surface area contributed by atoms with E-state index < -0.39 is 0 Å². The van der Waals surface area contributed by atoms with Gasteiger partial charge in [0.2, 0.25) is 0 Å². The number of carbonyl (C=O) groups is 1.